The third kappa shape index (κ3) is 6.20. The summed E-state index contributed by atoms with van der Waals surface area (Å²) in [4.78, 5) is 0. The molecule has 0 aromatic rings. The third-order valence-electron chi connectivity index (χ3n) is 4.52. The van der Waals surface area contributed by atoms with Crippen LogP contribution < -0.4 is 5.32 Å². The highest BCUT2D eigenvalue weighted by molar-refractivity contribution is 4.97. The molecule has 5 nitrogen and oxygen atoms in total. The van der Waals surface area contributed by atoms with E-state index in [1.165, 1.54) is 38.5 Å². The van der Waals surface area contributed by atoms with Gasteiger partial charge in [0.05, 0.1) is 24.9 Å². The fraction of sp³-hybridized carbons (Fsp3) is 1.00. The van der Waals surface area contributed by atoms with Gasteiger partial charge in [-0.15, -0.1) is 0 Å². The van der Waals surface area contributed by atoms with Crippen LogP contribution >= 0.6 is 0 Å². The van der Waals surface area contributed by atoms with Crippen LogP contribution in [0.25, 0.3) is 0 Å². The van der Waals surface area contributed by atoms with Gasteiger partial charge in [-0.2, -0.15) is 0 Å². The first-order chi connectivity index (χ1) is 10.1. The second-order valence-electron chi connectivity index (χ2n) is 6.30. The second kappa shape index (κ2) is 10.5. The number of hydrogen-bond acceptors (Lipinski definition) is 5. The Morgan fingerprint density at radius 2 is 1.24 bits per heavy atom. The van der Waals surface area contributed by atoms with E-state index in [1.807, 2.05) is 0 Å². The molecular formula is C16H33NO4. The molecule has 0 amide bonds. The molecule has 0 unspecified atom stereocenters. The predicted molar refractivity (Wildman–Crippen MR) is 83.0 cm³/mol. The standard InChI is InChI=1S/C16H33NO4/c1-2-3-4-5-6-7-8-9-10-12-14(19)16(21)15(20)13(11-18)17-12/h12-21H,2-11H2,1H3/t12-,13-,14+,15-,16-/m1/s1. The monoisotopic (exact) mass is 303 g/mol. The molecule has 0 aromatic heterocycles. The van der Waals surface area contributed by atoms with Crippen molar-refractivity contribution in [3.63, 3.8) is 0 Å². The molecule has 0 radical (unpaired) electrons. The smallest absolute Gasteiger partial charge is 0.109 e. The lowest BCUT2D eigenvalue weighted by atomic mass is 9.88. The summed E-state index contributed by atoms with van der Waals surface area (Å²) in [5, 5.41) is 41.7. The van der Waals surface area contributed by atoms with E-state index in [2.05, 4.69) is 12.2 Å². The summed E-state index contributed by atoms with van der Waals surface area (Å²) in [5.74, 6) is 0. The SMILES string of the molecule is CCCCCCCCCC[C@H]1N[C@H](CO)[C@@H](O)[C@H](O)[C@H]1O. The first-order valence-corrected chi connectivity index (χ1v) is 8.53. The zero-order valence-corrected chi connectivity index (χ0v) is 13.2. The molecule has 0 saturated carbocycles. The molecule has 1 aliphatic heterocycles. The van der Waals surface area contributed by atoms with Gasteiger partial charge in [-0.1, -0.05) is 58.3 Å². The lowest BCUT2D eigenvalue weighted by Gasteiger charge is -2.41. The predicted octanol–water partition coefficient (Wildman–Crippen LogP) is 0.933. The van der Waals surface area contributed by atoms with E-state index in [0.717, 1.165) is 19.3 Å². The molecule has 21 heavy (non-hydrogen) atoms. The van der Waals surface area contributed by atoms with Gasteiger partial charge in [0.2, 0.25) is 0 Å². The van der Waals surface area contributed by atoms with Crippen LogP contribution in [-0.4, -0.2) is 57.4 Å². The van der Waals surface area contributed by atoms with Crippen molar-refractivity contribution >= 4 is 0 Å². The summed E-state index contributed by atoms with van der Waals surface area (Å²) in [6.45, 7) is 1.98. The summed E-state index contributed by atoms with van der Waals surface area (Å²) in [5.41, 5.74) is 0. The molecule has 5 heteroatoms. The highest BCUT2D eigenvalue weighted by atomic mass is 16.4. The molecule has 5 atom stereocenters. The molecule has 1 rings (SSSR count). The molecule has 1 saturated heterocycles. The zero-order chi connectivity index (χ0) is 15.7. The zero-order valence-electron chi connectivity index (χ0n) is 13.2. The summed E-state index contributed by atoms with van der Waals surface area (Å²) in [6, 6.07) is -0.803. The van der Waals surface area contributed by atoms with E-state index in [9.17, 15) is 20.4 Å². The number of rotatable bonds is 10. The summed E-state index contributed by atoms with van der Waals surface area (Å²) in [7, 11) is 0. The Morgan fingerprint density at radius 1 is 0.714 bits per heavy atom. The minimum Gasteiger partial charge on any atom is -0.395 e. The van der Waals surface area contributed by atoms with Gasteiger partial charge in [0.1, 0.15) is 6.10 Å². The maximum absolute atomic E-state index is 9.97. The molecular weight excluding hydrogens is 270 g/mol. The molecule has 1 aliphatic rings. The molecule has 5 N–H and O–H groups in total. The average molecular weight is 303 g/mol. The van der Waals surface area contributed by atoms with Gasteiger partial charge in [-0.3, -0.25) is 0 Å². The van der Waals surface area contributed by atoms with Crippen LogP contribution in [0.2, 0.25) is 0 Å². The summed E-state index contributed by atoms with van der Waals surface area (Å²) < 4.78 is 0. The number of nitrogens with one attached hydrogen (secondary N) is 1. The van der Waals surface area contributed by atoms with Crippen molar-refractivity contribution in [2.24, 2.45) is 0 Å². The Balaban J connectivity index is 2.16. The Kier molecular flexibility index (Phi) is 9.44. The first-order valence-electron chi connectivity index (χ1n) is 8.53. The largest absolute Gasteiger partial charge is 0.395 e. The summed E-state index contributed by atoms with van der Waals surface area (Å²) in [6.07, 6.45) is 7.31. The van der Waals surface area contributed by atoms with Gasteiger partial charge < -0.3 is 25.7 Å². The van der Waals surface area contributed by atoms with E-state index in [-0.39, 0.29) is 12.6 Å². The molecule has 1 heterocycles. The Morgan fingerprint density at radius 3 is 1.81 bits per heavy atom. The molecule has 0 aliphatic carbocycles. The molecule has 0 spiro atoms. The van der Waals surface area contributed by atoms with Crippen LogP contribution in [0.1, 0.15) is 64.7 Å². The lowest BCUT2D eigenvalue weighted by molar-refractivity contribution is -0.120. The highest BCUT2D eigenvalue weighted by Crippen LogP contribution is 2.20. The van der Waals surface area contributed by atoms with Crippen LogP contribution in [0.3, 0.4) is 0 Å². The van der Waals surface area contributed by atoms with Crippen molar-refractivity contribution in [1.82, 2.24) is 5.32 Å². The minimum absolute atomic E-state index is 0.237. The van der Waals surface area contributed by atoms with E-state index in [4.69, 9.17) is 0 Å². The van der Waals surface area contributed by atoms with Crippen molar-refractivity contribution in [2.75, 3.05) is 6.61 Å². The van der Waals surface area contributed by atoms with E-state index in [0.29, 0.717) is 0 Å². The van der Waals surface area contributed by atoms with Crippen LogP contribution in [0.15, 0.2) is 0 Å². The third-order valence-corrected chi connectivity index (χ3v) is 4.52. The average Bonchev–Trinajstić information content (AvgIpc) is 2.49. The van der Waals surface area contributed by atoms with Crippen molar-refractivity contribution in [1.29, 1.82) is 0 Å². The normalized spacial score (nSPS) is 33.3. The topological polar surface area (TPSA) is 93.0 Å². The molecule has 1 fully saturated rings. The van der Waals surface area contributed by atoms with Crippen molar-refractivity contribution < 1.29 is 20.4 Å². The fourth-order valence-electron chi connectivity index (χ4n) is 3.06. The minimum atomic E-state index is -1.18. The highest BCUT2D eigenvalue weighted by Gasteiger charge is 2.41. The van der Waals surface area contributed by atoms with E-state index >= 15 is 0 Å². The first kappa shape index (κ1) is 18.8. The van der Waals surface area contributed by atoms with Gasteiger partial charge in [-0.25, -0.2) is 0 Å². The lowest BCUT2D eigenvalue weighted by Crippen LogP contribution is -2.65. The molecule has 0 aromatic carbocycles. The van der Waals surface area contributed by atoms with E-state index in [1.54, 1.807) is 0 Å². The van der Waals surface area contributed by atoms with Gasteiger partial charge in [0.15, 0.2) is 0 Å². The van der Waals surface area contributed by atoms with Crippen LogP contribution in [0.5, 0.6) is 0 Å². The van der Waals surface area contributed by atoms with Crippen molar-refractivity contribution in [3.05, 3.63) is 0 Å². The fourth-order valence-corrected chi connectivity index (χ4v) is 3.06. The molecule has 126 valence electrons. The maximum atomic E-state index is 9.97. The van der Waals surface area contributed by atoms with Crippen LogP contribution in [0.4, 0.5) is 0 Å². The van der Waals surface area contributed by atoms with E-state index < -0.39 is 24.4 Å². The van der Waals surface area contributed by atoms with Gasteiger partial charge in [-0.05, 0) is 6.42 Å². The van der Waals surface area contributed by atoms with Gasteiger partial charge >= 0.3 is 0 Å². The number of piperidine rings is 1. The quantitative estimate of drug-likeness (QED) is 0.387. The number of unbranched alkanes of at least 4 members (excludes halogenated alkanes) is 7. The van der Waals surface area contributed by atoms with Crippen molar-refractivity contribution in [3.8, 4) is 0 Å². The Bertz CT molecular complexity index is 263. The Hall–Kier alpha value is -0.200. The maximum Gasteiger partial charge on any atom is 0.109 e. The van der Waals surface area contributed by atoms with Crippen LogP contribution in [-0.2, 0) is 0 Å². The van der Waals surface area contributed by atoms with Gasteiger partial charge in [0, 0.05) is 6.04 Å². The molecule has 0 bridgehead atoms. The second-order valence-corrected chi connectivity index (χ2v) is 6.30. The number of aliphatic hydroxyl groups excluding tert-OH is 4. The summed E-state index contributed by atoms with van der Waals surface area (Å²) >= 11 is 0. The number of hydrogen-bond donors (Lipinski definition) is 5. The van der Waals surface area contributed by atoms with Gasteiger partial charge in [0.25, 0.3) is 0 Å². The van der Waals surface area contributed by atoms with Crippen molar-refractivity contribution in [2.45, 2.75) is 95.1 Å². The number of aliphatic hydroxyl groups is 4. The van der Waals surface area contributed by atoms with Crippen LogP contribution in [0, 0.1) is 0 Å². The Labute approximate surface area is 128 Å².